The second kappa shape index (κ2) is 5.27. The Kier molecular flexibility index (Phi) is 4.01. The molecular formula is C7H13N5O3. The van der Waals surface area contributed by atoms with Gasteiger partial charge in [0, 0.05) is 13.1 Å². The zero-order chi connectivity index (χ0) is 11.3. The highest BCUT2D eigenvalue weighted by atomic mass is 16.3. The van der Waals surface area contributed by atoms with Crippen LogP contribution >= 0.6 is 0 Å². The largest absolute Gasteiger partial charge is 0.395 e. The van der Waals surface area contributed by atoms with E-state index in [0.29, 0.717) is 0 Å². The number of carbonyl (C=O) groups excluding carboxylic acids is 1. The molecule has 0 bridgehead atoms. The van der Waals surface area contributed by atoms with E-state index in [2.05, 4.69) is 15.2 Å². The summed E-state index contributed by atoms with van der Waals surface area (Å²) in [6.45, 7) is -0.120. The molecule has 1 heterocycles. The average molecular weight is 215 g/mol. The number of nitrogens with one attached hydrogen (secondary N) is 1. The summed E-state index contributed by atoms with van der Waals surface area (Å²) < 4.78 is 0. The maximum absolute atomic E-state index is 11.7. The topological polar surface area (TPSA) is 128 Å². The van der Waals surface area contributed by atoms with Crippen LogP contribution in [0, 0.1) is 0 Å². The molecule has 0 saturated carbocycles. The van der Waals surface area contributed by atoms with E-state index >= 15 is 0 Å². The van der Waals surface area contributed by atoms with Crippen molar-refractivity contribution in [1.29, 1.82) is 0 Å². The van der Waals surface area contributed by atoms with Crippen molar-refractivity contribution in [1.82, 2.24) is 20.1 Å². The zero-order valence-corrected chi connectivity index (χ0v) is 8.05. The van der Waals surface area contributed by atoms with Crippen LogP contribution in [0.4, 0.5) is 5.95 Å². The molecule has 0 spiro atoms. The predicted molar refractivity (Wildman–Crippen MR) is 50.9 cm³/mol. The second-order valence-electron chi connectivity index (χ2n) is 2.78. The fraction of sp³-hybridized carbons (Fsp3) is 0.571. The van der Waals surface area contributed by atoms with Crippen molar-refractivity contribution in [2.75, 3.05) is 32.0 Å². The van der Waals surface area contributed by atoms with Crippen molar-refractivity contribution in [2.24, 2.45) is 0 Å². The van der Waals surface area contributed by atoms with Gasteiger partial charge in [0.1, 0.15) is 0 Å². The average Bonchev–Trinajstić information content (AvgIpc) is 2.63. The van der Waals surface area contributed by atoms with Crippen LogP contribution in [-0.4, -0.2) is 62.5 Å². The number of nitrogens with zero attached hydrogens (tertiary/aromatic N) is 3. The Morgan fingerprint density at radius 1 is 1.40 bits per heavy atom. The summed E-state index contributed by atoms with van der Waals surface area (Å²) in [7, 11) is 0. The van der Waals surface area contributed by atoms with Crippen LogP contribution in [0.5, 0.6) is 0 Å². The van der Waals surface area contributed by atoms with Crippen molar-refractivity contribution < 1.29 is 15.0 Å². The summed E-state index contributed by atoms with van der Waals surface area (Å²) in [5.74, 6) is -0.483. The Morgan fingerprint density at radius 2 is 2.00 bits per heavy atom. The quantitative estimate of drug-likeness (QED) is 0.442. The molecule has 1 rings (SSSR count). The van der Waals surface area contributed by atoms with E-state index in [4.69, 9.17) is 15.9 Å². The molecule has 8 nitrogen and oxygen atoms in total. The molecular weight excluding hydrogens is 202 g/mol. The summed E-state index contributed by atoms with van der Waals surface area (Å²) in [6, 6.07) is 0. The molecule has 0 atom stereocenters. The minimum atomic E-state index is -0.456. The maximum Gasteiger partial charge on any atom is 0.291 e. The van der Waals surface area contributed by atoms with Crippen molar-refractivity contribution in [2.45, 2.75) is 0 Å². The van der Waals surface area contributed by atoms with Gasteiger partial charge in [-0.05, 0) is 0 Å². The molecule has 1 aromatic heterocycles. The zero-order valence-electron chi connectivity index (χ0n) is 8.05. The molecule has 0 saturated heterocycles. The number of aliphatic hydroxyl groups excluding tert-OH is 2. The van der Waals surface area contributed by atoms with Gasteiger partial charge in [0.05, 0.1) is 13.2 Å². The molecule has 15 heavy (non-hydrogen) atoms. The number of H-pyrrole nitrogens is 1. The molecule has 1 amide bonds. The number of rotatable bonds is 5. The van der Waals surface area contributed by atoms with Gasteiger partial charge in [0.25, 0.3) is 5.91 Å². The first-order valence-corrected chi connectivity index (χ1v) is 4.38. The Labute approximate surface area is 85.7 Å². The molecule has 0 unspecified atom stereocenters. The number of anilines is 1. The van der Waals surface area contributed by atoms with Crippen LogP contribution in [0.2, 0.25) is 0 Å². The lowest BCUT2D eigenvalue weighted by Gasteiger charge is -2.18. The van der Waals surface area contributed by atoms with Gasteiger partial charge in [-0.1, -0.05) is 0 Å². The number of nitrogens with two attached hydrogens (primary N) is 1. The first-order chi connectivity index (χ1) is 7.19. The van der Waals surface area contributed by atoms with E-state index in [1.54, 1.807) is 0 Å². The number of aromatic nitrogens is 3. The first-order valence-electron chi connectivity index (χ1n) is 4.38. The minimum absolute atomic E-state index is 0.00519. The first kappa shape index (κ1) is 11.4. The number of hydrogen-bond donors (Lipinski definition) is 4. The third-order valence-corrected chi connectivity index (χ3v) is 1.73. The van der Waals surface area contributed by atoms with Gasteiger partial charge in [-0.3, -0.25) is 9.89 Å². The summed E-state index contributed by atoms with van der Waals surface area (Å²) in [4.78, 5) is 16.6. The van der Waals surface area contributed by atoms with Gasteiger partial charge in [0.2, 0.25) is 11.8 Å². The molecule has 0 aliphatic rings. The molecule has 5 N–H and O–H groups in total. The van der Waals surface area contributed by atoms with Crippen LogP contribution in [-0.2, 0) is 0 Å². The predicted octanol–water partition coefficient (Wildman–Crippen LogP) is -2.19. The number of carbonyl (C=O) groups is 1. The van der Waals surface area contributed by atoms with Gasteiger partial charge in [-0.15, -0.1) is 5.10 Å². The molecule has 8 heteroatoms. The van der Waals surface area contributed by atoms with Crippen LogP contribution in [0.3, 0.4) is 0 Å². The number of aliphatic hydroxyl groups is 2. The number of amides is 1. The highest BCUT2D eigenvalue weighted by Crippen LogP contribution is 1.99. The van der Waals surface area contributed by atoms with E-state index in [1.165, 1.54) is 4.90 Å². The third-order valence-electron chi connectivity index (χ3n) is 1.73. The lowest BCUT2D eigenvalue weighted by molar-refractivity contribution is 0.0673. The van der Waals surface area contributed by atoms with E-state index in [-0.39, 0.29) is 38.1 Å². The lowest BCUT2D eigenvalue weighted by atomic mass is 10.4. The Balaban J connectivity index is 2.71. The smallest absolute Gasteiger partial charge is 0.291 e. The fourth-order valence-corrected chi connectivity index (χ4v) is 1.08. The van der Waals surface area contributed by atoms with Gasteiger partial charge < -0.3 is 20.8 Å². The van der Waals surface area contributed by atoms with Crippen molar-refractivity contribution >= 4 is 11.9 Å². The second-order valence-corrected chi connectivity index (χ2v) is 2.78. The molecule has 0 fully saturated rings. The van der Waals surface area contributed by atoms with Gasteiger partial charge in [0.15, 0.2) is 0 Å². The SMILES string of the molecule is Nc1n[nH]c(C(=O)N(CCO)CCO)n1. The van der Waals surface area contributed by atoms with E-state index in [9.17, 15) is 4.79 Å². The summed E-state index contributed by atoms with van der Waals surface area (Å²) in [5.41, 5.74) is 5.24. The monoisotopic (exact) mass is 215 g/mol. The Hall–Kier alpha value is -1.67. The molecule has 0 aliphatic carbocycles. The maximum atomic E-state index is 11.7. The number of nitrogen functional groups attached to an aromatic ring is 1. The highest BCUT2D eigenvalue weighted by Gasteiger charge is 2.18. The summed E-state index contributed by atoms with van der Waals surface area (Å²) in [5, 5.41) is 23.3. The van der Waals surface area contributed by atoms with Crippen LogP contribution < -0.4 is 5.73 Å². The van der Waals surface area contributed by atoms with E-state index < -0.39 is 5.91 Å². The fourth-order valence-electron chi connectivity index (χ4n) is 1.08. The van der Waals surface area contributed by atoms with Crippen molar-refractivity contribution in [3.05, 3.63) is 5.82 Å². The highest BCUT2D eigenvalue weighted by molar-refractivity contribution is 5.90. The van der Waals surface area contributed by atoms with E-state index in [0.717, 1.165) is 0 Å². The minimum Gasteiger partial charge on any atom is -0.395 e. The number of hydrogen-bond acceptors (Lipinski definition) is 6. The van der Waals surface area contributed by atoms with Crippen molar-refractivity contribution in [3.8, 4) is 0 Å². The van der Waals surface area contributed by atoms with Gasteiger partial charge in [-0.2, -0.15) is 4.98 Å². The lowest BCUT2D eigenvalue weighted by Crippen LogP contribution is -2.36. The number of aromatic amines is 1. The van der Waals surface area contributed by atoms with Crippen molar-refractivity contribution in [3.63, 3.8) is 0 Å². The van der Waals surface area contributed by atoms with Gasteiger partial charge in [-0.25, -0.2) is 0 Å². The van der Waals surface area contributed by atoms with Crippen LogP contribution in [0.25, 0.3) is 0 Å². The van der Waals surface area contributed by atoms with Crippen LogP contribution in [0.1, 0.15) is 10.6 Å². The third kappa shape index (κ3) is 2.89. The molecule has 84 valence electrons. The standard InChI is InChI=1S/C7H13N5O3/c8-7-9-5(10-11-7)6(15)12(1-3-13)2-4-14/h13-14H,1-4H2,(H3,8,9,10,11). The molecule has 0 radical (unpaired) electrons. The normalized spacial score (nSPS) is 10.3. The Bertz CT molecular complexity index is 320. The molecule has 0 aromatic carbocycles. The molecule has 0 aliphatic heterocycles. The Morgan fingerprint density at radius 3 is 2.40 bits per heavy atom. The molecule has 1 aromatic rings. The van der Waals surface area contributed by atoms with Crippen LogP contribution in [0.15, 0.2) is 0 Å². The summed E-state index contributed by atoms with van der Waals surface area (Å²) in [6.07, 6.45) is 0. The summed E-state index contributed by atoms with van der Waals surface area (Å²) >= 11 is 0. The van der Waals surface area contributed by atoms with E-state index in [1.807, 2.05) is 0 Å². The van der Waals surface area contributed by atoms with Gasteiger partial charge >= 0.3 is 0 Å².